The van der Waals surface area contributed by atoms with E-state index in [1.165, 1.54) is 18.2 Å². The second-order valence-corrected chi connectivity index (χ2v) is 6.16. The van der Waals surface area contributed by atoms with Gasteiger partial charge in [0, 0.05) is 6.07 Å². The van der Waals surface area contributed by atoms with Crippen LogP contribution in [-0.2, 0) is 4.79 Å². The Morgan fingerprint density at radius 1 is 1.08 bits per heavy atom. The molecule has 0 atom stereocenters. The average Bonchev–Trinajstić information content (AvgIpc) is 2.83. The number of aryl methyl sites for hydroxylation is 1. The van der Waals surface area contributed by atoms with Gasteiger partial charge in [0.2, 0.25) is 0 Å². The molecule has 2 aromatic carbocycles. The first-order valence-corrected chi connectivity index (χ1v) is 7.87. The number of amides is 2. The van der Waals surface area contributed by atoms with Gasteiger partial charge in [0.05, 0.1) is 21.1 Å². The lowest BCUT2D eigenvalue weighted by Gasteiger charge is -2.12. The molecule has 1 heterocycles. The molecule has 0 spiro atoms. The molecule has 1 aliphatic heterocycles. The Labute approximate surface area is 141 Å². The fraction of sp³-hybridized carbons (Fsp3) is 0.0588. The van der Waals surface area contributed by atoms with Gasteiger partial charge in [-0.2, -0.15) is 0 Å². The molecule has 0 N–H and O–H groups in total. The number of hydrogen-bond acceptors (Lipinski definition) is 5. The van der Waals surface area contributed by atoms with E-state index in [4.69, 9.17) is 0 Å². The number of nitro benzene ring substituents is 1. The highest BCUT2D eigenvalue weighted by Crippen LogP contribution is 2.36. The molecular formula is C17H12N2O4S. The number of hydrogen-bond donors (Lipinski definition) is 0. The first kappa shape index (κ1) is 15.9. The molecule has 0 aromatic heterocycles. The summed E-state index contributed by atoms with van der Waals surface area (Å²) in [7, 11) is 0. The van der Waals surface area contributed by atoms with Crippen LogP contribution in [0.2, 0.25) is 0 Å². The number of anilines is 1. The molecule has 1 aliphatic rings. The maximum atomic E-state index is 12.5. The van der Waals surface area contributed by atoms with Crippen molar-refractivity contribution in [1.29, 1.82) is 0 Å². The highest BCUT2D eigenvalue weighted by Gasteiger charge is 2.36. The van der Waals surface area contributed by atoms with Gasteiger partial charge in [-0.25, -0.2) is 4.90 Å². The van der Waals surface area contributed by atoms with E-state index >= 15 is 0 Å². The first-order valence-electron chi connectivity index (χ1n) is 7.05. The van der Waals surface area contributed by atoms with Gasteiger partial charge >= 0.3 is 0 Å². The summed E-state index contributed by atoms with van der Waals surface area (Å²) < 4.78 is 0. The van der Waals surface area contributed by atoms with Crippen LogP contribution in [-0.4, -0.2) is 16.1 Å². The molecule has 24 heavy (non-hydrogen) atoms. The number of benzene rings is 2. The third-order valence-electron chi connectivity index (χ3n) is 3.51. The number of imide groups is 1. The van der Waals surface area contributed by atoms with Crippen molar-refractivity contribution in [2.75, 3.05) is 4.90 Å². The van der Waals surface area contributed by atoms with Crippen LogP contribution in [0.3, 0.4) is 0 Å². The van der Waals surface area contributed by atoms with E-state index in [0.29, 0.717) is 5.69 Å². The average molecular weight is 340 g/mol. The lowest BCUT2D eigenvalue weighted by Crippen LogP contribution is -2.27. The summed E-state index contributed by atoms with van der Waals surface area (Å²) in [5.41, 5.74) is 1.67. The minimum absolute atomic E-state index is 0.111. The van der Waals surface area contributed by atoms with Gasteiger partial charge in [-0.15, -0.1) is 0 Å². The summed E-state index contributed by atoms with van der Waals surface area (Å²) in [6, 6.07) is 13.1. The molecule has 0 aliphatic carbocycles. The summed E-state index contributed by atoms with van der Waals surface area (Å²) in [6.45, 7) is 1.91. The molecular weight excluding hydrogens is 328 g/mol. The molecule has 6 nitrogen and oxygen atoms in total. The van der Waals surface area contributed by atoms with Crippen LogP contribution in [0.25, 0.3) is 6.08 Å². The topological polar surface area (TPSA) is 80.5 Å². The molecule has 7 heteroatoms. The SMILES string of the molecule is Cc1ccc(N2C(=O)SC(=Cc3ccccc3[N+](=O)[O-])C2=O)cc1. The smallest absolute Gasteiger partial charge is 0.268 e. The Hall–Kier alpha value is -2.93. The van der Waals surface area contributed by atoms with E-state index < -0.39 is 16.1 Å². The van der Waals surface area contributed by atoms with Crippen LogP contribution in [0, 0.1) is 17.0 Å². The molecule has 2 amide bonds. The van der Waals surface area contributed by atoms with Gasteiger partial charge in [-0.05, 0) is 43.0 Å². The second kappa shape index (κ2) is 6.29. The van der Waals surface area contributed by atoms with Gasteiger partial charge in [0.25, 0.3) is 16.8 Å². The molecule has 0 radical (unpaired) electrons. The number of rotatable bonds is 3. The standard InChI is InChI=1S/C17H12N2O4S/c1-11-6-8-13(9-7-11)18-16(20)15(24-17(18)21)10-12-4-2-3-5-14(12)19(22)23/h2-10H,1H3. The van der Waals surface area contributed by atoms with Crippen LogP contribution < -0.4 is 4.90 Å². The Morgan fingerprint density at radius 3 is 2.42 bits per heavy atom. The van der Waals surface area contributed by atoms with E-state index in [-0.39, 0.29) is 16.2 Å². The summed E-state index contributed by atoms with van der Waals surface area (Å²) in [5.74, 6) is -0.480. The van der Waals surface area contributed by atoms with Crippen molar-refractivity contribution in [3.63, 3.8) is 0 Å². The number of carbonyl (C=O) groups excluding carboxylic acids is 2. The van der Waals surface area contributed by atoms with Crippen molar-refractivity contribution in [1.82, 2.24) is 0 Å². The predicted octanol–water partition coefficient (Wildman–Crippen LogP) is 4.14. The Kier molecular flexibility index (Phi) is 4.18. The summed E-state index contributed by atoms with van der Waals surface area (Å²) in [5, 5.41) is 10.6. The van der Waals surface area contributed by atoms with Crippen LogP contribution in [0.1, 0.15) is 11.1 Å². The zero-order valence-electron chi connectivity index (χ0n) is 12.6. The van der Waals surface area contributed by atoms with Crippen LogP contribution >= 0.6 is 11.8 Å². The van der Waals surface area contributed by atoms with E-state index in [1.807, 2.05) is 19.1 Å². The van der Waals surface area contributed by atoms with Gasteiger partial charge in [-0.3, -0.25) is 19.7 Å². The maximum Gasteiger partial charge on any atom is 0.298 e. The van der Waals surface area contributed by atoms with Crippen molar-refractivity contribution >= 4 is 40.4 Å². The monoisotopic (exact) mass is 340 g/mol. The lowest BCUT2D eigenvalue weighted by molar-refractivity contribution is -0.385. The Balaban J connectivity index is 1.97. The fourth-order valence-electron chi connectivity index (χ4n) is 2.30. The minimum Gasteiger partial charge on any atom is -0.268 e. The van der Waals surface area contributed by atoms with Gasteiger partial charge in [0.15, 0.2) is 0 Å². The lowest BCUT2D eigenvalue weighted by atomic mass is 10.1. The molecule has 120 valence electrons. The number of nitrogens with zero attached hydrogens (tertiary/aromatic N) is 2. The number of nitro groups is 1. The van der Waals surface area contributed by atoms with Gasteiger partial charge < -0.3 is 0 Å². The molecule has 0 saturated carbocycles. The molecule has 1 saturated heterocycles. The van der Waals surface area contributed by atoms with Gasteiger partial charge in [-0.1, -0.05) is 29.8 Å². The summed E-state index contributed by atoms with van der Waals surface area (Å²) in [4.78, 5) is 36.5. The highest BCUT2D eigenvalue weighted by atomic mass is 32.2. The van der Waals surface area contributed by atoms with Gasteiger partial charge in [0.1, 0.15) is 0 Å². The Morgan fingerprint density at radius 2 is 1.75 bits per heavy atom. The normalized spacial score (nSPS) is 16.0. The zero-order valence-corrected chi connectivity index (χ0v) is 13.4. The predicted molar refractivity (Wildman–Crippen MR) is 92.7 cm³/mol. The van der Waals surface area contributed by atoms with Crippen molar-refractivity contribution in [2.45, 2.75) is 6.92 Å². The third kappa shape index (κ3) is 2.93. The van der Waals surface area contributed by atoms with E-state index in [1.54, 1.807) is 24.3 Å². The number of thioether (sulfide) groups is 1. The van der Waals surface area contributed by atoms with Crippen molar-refractivity contribution in [3.05, 3.63) is 74.7 Å². The molecule has 0 unspecified atom stereocenters. The first-order chi connectivity index (χ1) is 11.5. The fourth-order valence-corrected chi connectivity index (χ4v) is 3.13. The molecule has 0 bridgehead atoms. The molecule has 3 rings (SSSR count). The summed E-state index contributed by atoms with van der Waals surface area (Å²) >= 11 is 0.772. The van der Waals surface area contributed by atoms with E-state index in [9.17, 15) is 19.7 Å². The van der Waals surface area contributed by atoms with E-state index in [0.717, 1.165) is 22.2 Å². The van der Waals surface area contributed by atoms with Crippen LogP contribution in [0.15, 0.2) is 53.4 Å². The largest absolute Gasteiger partial charge is 0.298 e. The second-order valence-electron chi connectivity index (χ2n) is 5.17. The highest BCUT2D eigenvalue weighted by molar-refractivity contribution is 8.19. The van der Waals surface area contributed by atoms with Crippen LogP contribution in [0.4, 0.5) is 16.2 Å². The summed E-state index contributed by atoms with van der Waals surface area (Å²) in [6.07, 6.45) is 1.39. The Bertz CT molecular complexity index is 874. The molecule has 1 fully saturated rings. The third-order valence-corrected chi connectivity index (χ3v) is 4.38. The zero-order chi connectivity index (χ0) is 17.3. The number of para-hydroxylation sites is 1. The maximum absolute atomic E-state index is 12.5. The number of carbonyl (C=O) groups is 2. The van der Waals surface area contributed by atoms with Crippen molar-refractivity contribution in [3.8, 4) is 0 Å². The van der Waals surface area contributed by atoms with Crippen molar-refractivity contribution < 1.29 is 14.5 Å². The van der Waals surface area contributed by atoms with Crippen LogP contribution in [0.5, 0.6) is 0 Å². The van der Waals surface area contributed by atoms with Crippen molar-refractivity contribution in [2.24, 2.45) is 0 Å². The quantitative estimate of drug-likeness (QED) is 0.476. The molecule has 2 aromatic rings. The minimum atomic E-state index is -0.518. The van der Waals surface area contributed by atoms with E-state index in [2.05, 4.69) is 0 Å².